The van der Waals surface area contributed by atoms with E-state index >= 15 is 0 Å². The first-order valence-corrected chi connectivity index (χ1v) is 6.89. The molecule has 0 bridgehead atoms. The minimum absolute atomic E-state index is 0.0261. The van der Waals surface area contributed by atoms with Gasteiger partial charge in [0.05, 0.1) is 10.5 Å². The Balaban J connectivity index is 2.96. The molecule has 21 heavy (non-hydrogen) atoms. The molecule has 1 aromatic rings. The van der Waals surface area contributed by atoms with Gasteiger partial charge in [-0.05, 0) is 32.1 Å². The molecule has 0 spiro atoms. The molecule has 0 saturated heterocycles. The van der Waals surface area contributed by atoms with Crippen LogP contribution in [0.1, 0.15) is 31.1 Å². The van der Waals surface area contributed by atoms with Gasteiger partial charge in [-0.15, -0.1) is 0 Å². The summed E-state index contributed by atoms with van der Waals surface area (Å²) in [5.74, 6) is -1.11. The maximum absolute atomic E-state index is 11.0. The van der Waals surface area contributed by atoms with Gasteiger partial charge in [0.2, 0.25) is 0 Å². The minimum Gasteiger partial charge on any atom is -0.478 e. The lowest BCUT2D eigenvalue weighted by Gasteiger charge is -2.24. The third kappa shape index (κ3) is 4.71. The normalized spacial score (nSPS) is 12.2. The molecule has 0 aromatic heterocycles. The van der Waals surface area contributed by atoms with Crippen molar-refractivity contribution < 1.29 is 14.8 Å². The predicted molar refractivity (Wildman–Crippen MR) is 80.9 cm³/mol. The zero-order valence-electron chi connectivity index (χ0n) is 12.5. The summed E-state index contributed by atoms with van der Waals surface area (Å²) in [4.78, 5) is 23.7. The molecule has 0 radical (unpaired) electrons. The van der Waals surface area contributed by atoms with Crippen LogP contribution in [0.25, 0.3) is 0 Å². The van der Waals surface area contributed by atoms with E-state index in [1.54, 1.807) is 0 Å². The Morgan fingerprint density at radius 1 is 1.43 bits per heavy atom. The number of nitrogens with one attached hydrogen (secondary N) is 1. The fourth-order valence-electron chi connectivity index (χ4n) is 2.12. The van der Waals surface area contributed by atoms with Gasteiger partial charge in [-0.3, -0.25) is 10.1 Å². The molecule has 0 amide bonds. The van der Waals surface area contributed by atoms with E-state index in [4.69, 9.17) is 5.11 Å². The van der Waals surface area contributed by atoms with Crippen molar-refractivity contribution in [3.05, 3.63) is 33.9 Å². The van der Waals surface area contributed by atoms with Crippen LogP contribution in [0.2, 0.25) is 0 Å². The molecule has 0 aliphatic rings. The standard InChI is InChI=1S/C14H21N3O4/c1-4-16(5-2)9-10(3)15-12-8-11(14(18)19)6-7-13(12)17(20)21/h6-8,10,15H,4-5,9H2,1-3H3,(H,18,19). The molecule has 0 aliphatic heterocycles. The maximum Gasteiger partial charge on any atom is 0.335 e. The van der Waals surface area contributed by atoms with E-state index < -0.39 is 10.9 Å². The van der Waals surface area contributed by atoms with Gasteiger partial charge in [-0.2, -0.15) is 0 Å². The van der Waals surface area contributed by atoms with Crippen LogP contribution in [0.5, 0.6) is 0 Å². The van der Waals surface area contributed by atoms with Gasteiger partial charge in [0.25, 0.3) is 5.69 Å². The summed E-state index contributed by atoms with van der Waals surface area (Å²) in [5.41, 5.74) is 0.143. The van der Waals surface area contributed by atoms with E-state index in [0.717, 1.165) is 19.6 Å². The molecule has 0 aliphatic carbocycles. The summed E-state index contributed by atoms with van der Waals surface area (Å²) >= 11 is 0. The highest BCUT2D eigenvalue weighted by atomic mass is 16.6. The van der Waals surface area contributed by atoms with Crippen LogP contribution in [0.4, 0.5) is 11.4 Å². The quantitative estimate of drug-likeness (QED) is 0.565. The summed E-state index contributed by atoms with van der Waals surface area (Å²) < 4.78 is 0. The number of benzene rings is 1. The number of hydrogen-bond donors (Lipinski definition) is 2. The topological polar surface area (TPSA) is 95.7 Å². The van der Waals surface area contributed by atoms with Gasteiger partial charge in [-0.1, -0.05) is 13.8 Å². The third-order valence-electron chi connectivity index (χ3n) is 3.27. The zero-order chi connectivity index (χ0) is 16.0. The van der Waals surface area contributed by atoms with Crippen LogP contribution < -0.4 is 5.32 Å². The van der Waals surface area contributed by atoms with Gasteiger partial charge >= 0.3 is 5.97 Å². The first-order chi connectivity index (χ1) is 9.88. The highest BCUT2D eigenvalue weighted by molar-refractivity contribution is 5.90. The molecular weight excluding hydrogens is 274 g/mol. The third-order valence-corrected chi connectivity index (χ3v) is 3.27. The van der Waals surface area contributed by atoms with Crippen LogP contribution in [0.15, 0.2) is 18.2 Å². The van der Waals surface area contributed by atoms with Crippen molar-refractivity contribution in [2.24, 2.45) is 0 Å². The van der Waals surface area contributed by atoms with E-state index in [9.17, 15) is 14.9 Å². The molecular formula is C14H21N3O4. The molecule has 7 heteroatoms. The maximum atomic E-state index is 11.0. The van der Waals surface area contributed by atoms with Crippen molar-refractivity contribution in [1.29, 1.82) is 0 Å². The molecule has 0 fully saturated rings. The number of aromatic carboxylic acids is 1. The lowest BCUT2D eigenvalue weighted by atomic mass is 10.1. The molecule has 1 aromatic carbocycles. The number of nitro benzene ring substituents is 1. The van der Waals surface area contributed by atoms with Gasteiger partial charge in [0.15, 0.2) is 0 Å². The molecule has 1 unspecified atom stereocenters. The first-order valence-electron chi connectivity index (χ1n) is 6.89. The van der Waals surface area contributed by atoms with E-state index in [1.165, 1.54) is 18.2 Å². The molecule has 0 saturated carbocycles. The lowest BCUT2D eigenvalue weighted by Crippen LogP contribution is -2.34. The number of carboxylic acid groups (broad SMARTS) is 1. The van der Waals surface area contributed by atoms with Crippen molar-refractivity contribution >= 4 is 17.3 Å². The zero-order valence-corrected chi connectivity index (χ0v) is 12.5. The number of carboxylic acids is 1. The summed E-state index contributed by atoms with van der Waals surface area (Å²) in [7, 11) is 0. The second-order valence-corrected chi connectivity index (χ2v) is 4.83. The second kappa shape index (κ2) is 7.58. The second-order valence-electron chi connectivity index (χ2n) is 4.83. The largest absolute Gasteiger partial charge is 0.478 e. The van der Waals surface area contributed by atoms with Crippen LogP contribution >= 0.6 is 0 Å². The van der Waals surface area contributed by atoms with Crippen molar-refractivity contribution in [1.82, 2.24) is 4.90 Å². The van der Waals surface area contributed by atoms with E-state index in [-0.39, 0.29) is 23.0 Å². The number of anilines is 1. The average Bonchev–Trinajstić information content (AvgIpc) is 2.44. The predicted octanol–water partition coefficient (Wildman–Crippen LogP) is 2.44. The summed E-state index contributed by atoms with van der Waals surface area (Å²) in [6.45, 7) is 8.50. The van der Waals surface area contributed by atoms with E-state index in [0.29, 0.717) is 0 Å². The molecule has 7 nitrogen and oxygen atoms in total. The molecule has 2 N–H and O–H groups in total. The van der Waals surface area contributed by atoms with Crippen LogP contribution in [0, 0.1) is 10.1 Å². The lowest BCUT2D eigenvalue weighted by molar-refractivity contribution is -0.384. The van der Waals surface area contributed by atoms with Gasteiger partial charge < -0.3 is 15.3 Å². The summed E-state index contributed by atoms with van der Waals surface area (Å²) in [6.07, 6.45) is 0. The van der Waals surface area contributed by atoms with Crippen LogP contribution in [0.3, 0.4) is 0 Å². The number of nitro groups is 1. The Kier molecular flexibility index (Phi) is 6.10. The van der Waals surface area contributed by atoms with Crippen LogP contribution in [-0.2, 0) is 0 Å². The molecule has 1 rings (SSSR count). The van der Waals surface area contributed by atoms with Crippen molar-refractivity contribution in [2.75, 3.05) is 25.0 Å². The Bertz CT molecular complexity index is 515. The van der Waals surface area contributed by atoms with Crippen molar-refractivity contribution in [3.63, 3.8) is 0 Å². The number of nitrogens with zero attached hydrogens (tertiary/aromatic N) is 2. The van der Waals surface area contributed by atoms with Gasteiger partial charge in [0, 0.05) is 18.7 Å². The summed E-state index contributed by atoms with van der Waals surface area (Å²) in [5, 5.41) is 23.1. The SMILES string of the molecule is CCN(CC)CC(C)Nc1cc(C(=O)O)ccc1[N+](=O)[O-]. The highest BCUT2D eigenvalue weighted by Gasteiger charge is 2.18. The molecule has 116 valence electrons. The highest BCUT2D eigenvalue weighted by Crippen LogP contribution is 2.26. The smallest absolute Gasteiger partial charge is 0.335 e. The number of hydrogen-bond acceptors (Lipinski definition) is 5. The first kappa shape index (κ1) is 16.9. The summed E-state index contributed by atoms with van der Waals surface area (Å²) in [6, 6.07) is 3.73. The Hall–Kier alpha value is -2.15. The number of rotatable bonds is 8. The monoisotopic (exact) mass is 295 g/mol. The minimum atomic E-state index is -1.11. The average molecular weight is 295 g/mol. The number of likely N-dealkylation sites (N-methyl/N-ethyl adjacent to an activating group) is 1. The molecule has 0 heterocycles. The van der Waals surface area contributed by atoms with Crippen molar-refractivity contribution in [3.8, 4) is 0 Å². The van der Waals surface area contributed by atoms with E-state index in [1.807, 2.05) is 20.8 Å². The fourth-order valence-corrected chi connectivity index (χ4v) is 2.12. The van der Waals surface area contributed by atoms with Crippen LogP contribution in [-0.4, -0.2) is 46.6 Å². The Labute approximate surface area is 123 Å². The Morgan fingerprint density at radius 3 is 2.52 bits per heavy atom. The fraction of sp³-hybridized carbons (Fsp3) is 0.500. The van der Waals surface area contributed by atoms with Crippen molar-refractivity contribution in [2.45, 2.75) is 26.8 Å². The van der Waals surface area contributed by atoms with E-state index in [2.05, 4.69) is 10.2 Å². The number of carbonyl (C=O) groups is 1. The molecule has 1 atom stereocenters. The van der Waals surface area contributed by atoms with Gasteiger partial charge in [0.1, 0.15) is 5.69 Å². The Morgan fingerprint density at radius 2 is 2.05 bits per heavy atom. The van der Waals surface area contributed by atoms with Gasteiger partial charge in [-0.25, -0.2) is 4.79 Å².